The molecule has 1 heterocycles. The van der Waals surface area contributed by atoms with E-state index in [4.69, 9.17) is 5.73 Å². The Hall–Kier alpha value is -1.07. The molecule has 0 radical (unpaired) electrons. The summed E-state index contributed by atoms with van der Waals surface area (Å²) in [7, 11) is 0. The summed E-state index contributed by atoms with van der Waals surface area (Å²) in [5, 5.41) is 3.47. The van der Waals surface area contributed by atoms with E-state index >= 15 is 0 Å². The summed E-state index contributed by atoms with van der Waals surface area (Å²) in [4.78, 5) is 14.2. The number of halogens is 1. The molecular formula is C16H22BrN3O. The molecule has 3 rings (SSSR count). The average molecular weight is 352 g/mol. The van der Waals surface area contributed by atoms with Gasteiger partial charge in [0.2, 0.25) is 0 Å². The summed E-state index contributed by atoms with van der Waals surface area (Å²) in [5.74, 6) is 0.295. The monoisotopic (exact) mass is 351 g/mol. The largest absolute Gasteiger partial charge is 0.368 e. The van der Waals surface area contributed by atoms with Gasteiger partial charge in [0.25, 0.3) is 5.91 Å². The van der Waals surface area contributed by atoms with Gasteiger partial charge in [-0.15, -0.1) is 0 Å². The van der Waals surface area contributed by atoms with Crippen molar-refractivity contribution < 1.29 is 4.79 Å². The van der Waals surface area contributed by atoms with E-state index in [0.717, 1.165) is 29.8 Å². The highest BCUT2D eigenvalue weighted by atomic mass is 79.9. The number of hydrogen-bond donors (Lipinski definition) is 2. The Morgan fingerprint density at radius 2 is 2.19 bits per heavy atom. The minimum atomic E-state index is -0.357. The van der Waals surface area contributed by atoms with Gasteiger partial charge in [-0.3, -0.25) is 4.79 Å². The van der Waals surface area contributed by atoms with E-state index in [1.165, 1.54) is 25.7 Å². The zero-order valence-corrected chi connectivity index (χ0v) is 13.7. The summed E-state index contributed by atoms with van der Waals surface area (Å²) >= 11 is 3.47. The van der Waals surface area contributed by atoms with Crippen molar-refractivity contribution in [1.82, 2.24) is 5.32 Å². The first kappa shape index (κ1) is 14.9. The molecule has 0 aromatic heterocycles. The maximum Gasteiger partial charge on any atom is 0.251 e. The first-order valence-electron chi connectivity index (χ1n) is 7.72. The van der Waals surface area contributed by atoms with Crippen LogP contribution in [0.25, 0.3) is 0 Å². The number of carbonyl (C=O) groups is 1. The van der Waals surface area contributed by atoms with Gasteiger partial charge in [-0.05, 0) is 72.8 Å². The van der Waals surface area contributed by atoms with Crippen LogP contribution >= 0.6 is 15.9 Å². The van der Waals surface area contributed by atoms with Gasteiger partial charge in [-0.2, -0.15) is 0 Å². The lowest BCUT2D eigenvalue weighted by molar-refractivity contribution is 0.1000. The number of hydrogen-bond acceptors (Lipinski definition) is 3. The molecule has 1 saturated carbocycles. The Morgan fingerprint density at radius 1 is 1.38 bits per heavy atom. The maximum atomic E-state index is 11.8. The van der Waals surface area contributed by atoms with Crippen LogP contribution in [0.15, 0.2) is 22.7 Å². The summed E-state index contributed by atoms with van der Waals surface area (Å²) in [6, 6.07) is 6.47. The third kappa shape index (κ3) is 3.40. The zero-order chi connectivity index (χ0) is 14.8. The van der Waals surface area contributed by atoms with Crippen molar-refractivity contribution in [2.75, 3.05) is 24.5 Å². The molecule has 1 saturated heterocycles. The van der Waals surface area contributed by atoms with Crippen molar-refractivity contribution in [1.29, 1.82) is 0 Å². The zero-order valence-electron chi connectivity index (χ0n) is 12.1. The smallest absolute Gasteiger partial charge is 0.251 e. The van der Waals surface area contributed by atoms with Gasteiger partial charge in [0.05, 0.1) is 11.3 Å². The van der Waals surface area contributed by atoms with Gasteiger partial charge >= 0.3 is 0 Å². The number of primary amides is 1. The van der Waals surface area contributed by atoms with E-state index in [1.807, 2.05) is 18.2 Å². The van der Waals surface area contributed by atoms with E-state index in [0.29, 0.717) is 17.5 Å². The summed E-state index contributed by atoms with van der Waals surface area (Å²) < 4.78 is 0.792. The van der Waals surface area contributed by atoms with E-state index < -0.39 is 0 Å². The van der Waals surface area contributed by atoms with Crippen LogP contribution in [-0.2, 0) is 0 Å². The SMILES string of the molecule is NC(=O)c1c(Br)cccc1N(CC1CCCNC1)C1CC1. The van der Waals surface area contributed by atoms with Crippen LogP contribution in [0, 0.1) is 5.92 Å². The van der Waals surface area contributed by atoms with Crippen LogP contribution in [0.2, 0.25) is 0 Å². The molecule has 1 unspecified atom stereocenters. The van der Waals surface area contributed by atoms with Gasteiger partial charge in [0.15, 0.2) is 0 Å². The number of amides is 1. The van der Waals surface area contributed by atoms with Gasteiger partial charge < -0.3 is 16.0 Å². The van der Waals surface area contributed by atoms with E-state index in [1.54, 1.807) is 0 Å². The Balaban J connectivity index is 1.87. The van der Waals surface area contributed by atoms with Crippen LogP contribution in [-0.4, -0.2) is 31.6 Å². The molecule has 1 aliphatic heterocycles. The summed E-state index contributed by atoms with van der Waals surface area (Å²) in [5.41, 5.74) is 7.21. The van der Waals surface area contributed by atoms with Gasteiger partial charge in [0.1, 0.15) is 0 Å². The topological polar surface area (TPSA) is 58.4 Å². The van der Waals surface area contributed by atoms with Crippen LogP contribution < -0.4 is 16.0 Å². The molecule has 1 aromatic rings. The first-order valence-corrected chi connectivity index (χ1v) is 8.52. The number of nitrogens with zero attached hydrogens (tertiary/aromatic N) is 1. The molecule has 2 aliphatic rings. The van der Waals surface area contributed by atoms with E-state index in [-0.39, 0.29) is 5.91 Å². The normalized spacial score (nSPS) is 22.0. The first-order chi connectivity index (χ1) is 10.2. The van der Waals surface area contributed by atoms with Crippen molar-refractivity contribution in [3.05, 3.63) is 28.2 Å². The molecule has 21 heavy (non-hydrogen) atoms. The molecular weight excluding hydrogens is 330 g/mol. The van der Waals surface area contributed by atoms with Crippen molar-refractivity contribution in [3.8, 4) is 0 Å². The lowest BCUT2D eigenvalue weighted by Gasteiger charge is -2.33. The molecule has 1 aliphatic carbocycles. The molecule has 4 nitrogen and oxygen atoms in total. The van der Waals surface area contributed by atoms with Crippen LogP contribution in [0.3, 0.4) is 0 Å². The van der Waals surface area contributed by atoms with Crippen molar-refractivity contribution in [2.24, 2.45) is 11.7 Å². The average Bonchev–Trinajstić information content (AvgIpc) is 3.30. The Morgan fingerprint density at radius 3 is 2.81 bits per heavy atom. The lowest BCUT2D eigenvalue weighted by Crippen LogP contribution is -2.40. The molecule has 0 spiro atoms. The minimum absolute atomic E-state index is 0.357. The number of rotatable bonds is 5. The number of benzene rings is 1. The number of carbonyl (C=O) groups excluding carboxylic acids is 1. The van der Waals surface area contributed by atoms with Crippen LogP contribution in [0.4, 0.5) is 5.69 Å². The van der Waals surface area contributed by atoms with Gasteiger partial charge in [0, 0.05) is 17.1 Å². The fourth-order valence-electron chi connectivity index (χ4n) is 3.18. The van der Waals surface area contributed by atoms with E-state index in [9.17, 15) is 4.79 Å². The Bertz CT molecular complexity index is 524. The predicted molar refractivity (Wildman–Crippen MR) is 88.6 cm³/mol. The third-order valence-corrected chi connectivity index (χ3v) is 5.05. The van der Waals surface area contributed by atoms with Gasteiger partial charge in [-0.1, -0.05) is 6.07 Å². The number of nitrogens with one attached hydrogen (secondary N) is 1. The molecule has 1 amide bonds. The standard InChI is InChI=1S/C16H22BrN3O/c17-13-4-1-5-14(15(13)16(18)21)20(12-6-7-12)10-11-3-2-8-19-9-11/h1,4-5,11-12,19H,2-3,6-10H2,(H2,18,21). The molecule has 2 fully saturated rings. The predicted octanol–water partition coefficient (Wildman–Crippen LogP) is 2.52. The number of nitrogens with two attached hydrogens (primary N) is 1. The lowest BCUT2D eigenvalue weighted by atomic mass is 9.98. The fourth-order valence-corrected chi connectivity index (χ4v) is 3.74. The second-order valence-corrected chi connectivity index (χ2v) is 6.95. The second-order valence-electron chi connectivity index (χ2n) is 6.09. The Kier molecular flexibility index (Phi) is 4.50. The molecule has 114 valence electrons. The molecule has 1 aromatic carbocycles. The van der Waals surface area contributed by atoms with E-state index in [2.05, 4.69) is 26.1 Å². The Labute approximate surface area is 134 Å². The molecule has 3 N–H and O–H groups in total. The highest BCUT2D eigenvalue weighted by Crippen LogP contribution is 2.37. The minimum Gasteiger partial charge on any atom is -0.368 e. The third-order valence-electron chi connectivity index (χ3n) is 4.39. The number of anilines is 1. The number of piperidine rings is 1. The van der Waals surface area contributed by atoms with Crippen molar-refractivity contribution >= 4 is 27.5 Å². The molecule has 5 heteroatoms. The van der Waals surface area contributed by atoms with Crippen molar-refractivity contribution in [3.63, 3.8) is 0 Å². The highest BCUT2D eigenvalue weighted by molar-refractivity contribution is 9.10. The summed E-state index contributed by atoms with van der Waals surface area (Å²) in [6.07, 6.45) is 4.93. The van der Waals surface area contributed by atoms with Crippen LogP contribution in [0.1, 0.15) is 36.0 Å². The van der Waals surface area contributed by atoms with Gasteiger partial charge in [-0.25, -0.2) is 0 Å². The highest BCUT2D eigenvalue weighted by Gasteiger charge is 2.33. The molecule has 1 atom stereocenters. The van der Waals surface area contributed by atoms with Crippen molar-refractivity contribution in [2.45, 2.75) is 31.7 Å². The summed E-state index contributed by atoms with van der Waals surface area (Å²) in [6.45, 7) is 3.21. The quantitative estimate of drug-likeness (QED) is 0.856. The van der Waals surface area contributed by atoms with Crippen LogP contribution in [0.5, 0.6) is 0 Å². The molecule has 0 bridgehead atoms. The second kappa shape index (κ2) is 6.36. The fraction of sp³-hybridized carbons (Fsp3) is 0.562. The maximum absolute atomic E-state index is 11.8.